The molecular formula is C22H21BrN2O3S. The first-order chi connectivity index (χ1) is 13.9. The summed E-state index contributed by atoms with van der Waals surface area (Å²) in [7, 11) is -2.31. The summed E-state index contributed by atoms with van der Waals surface area (Å²) in [6.45, 7) is 2.68. The number of methoxy groups -OCH3 is 1. The molecule has 5 nitrogen and oxygen atoms in total. The van der Waals surface area contributed by atoms with Crippen LogP contribution in [0.5, 0.6) is 5.75 Å². The lowest BCUT2D eigenvalue weighted by Gasteiger charge is -2.22. The van der Waals surface area contributed by atoms with Crippen LogP contribution < -0.4 is 4.74 Å². The quantitative estimate of drug-likeness (QED) is 0.546. The van der Waals surface area contributed by atoms with E-state index in [4.69, 9.17) is 4.74 Å². The Morgan fingerprint density at radius 3 is 2.69 bits per heavy atom. The minimum absolute atomic E-state index is 0.144. The van der Waals surface area contributed by atoms with E-state index in [1.165, 1.54) is 11.4 Å². The van der Waals surface area contributed by atoms with E-state index in [1.807, 2.05) is 31.2 Å². The zero-order valence-corrected chi connectivity index (χ0v) is 18.6. The first-order valence-corrected chi connectivity index (χ1v) is 11.5. The van der Waals surface area contributed by atoms with Gasteiger partial charge in [0.1, 0.15) is 16.5 Å². The number of aliphatic imine (C=N–C) groups is 1. The highest BCUT2D eigenvalue weighted by Gasteiger charge is 2.33. The standard InChI is InChI=1S/C22H21BrN2O3S/c1-15-12-20(28-2)21(14-19(15)23)29(26,27)25-11-10-24-22(25)13-17-8-5-7-16-6-3-4-9-18(16)17/h3-9,12,14H,10-11,13H2,1-2H3. The summed E-state index contributed by atoms with van der Waals surface area (Å²) in [4.78, 5) is 4.66. The zero-order valence-electron chi connectivity index (χ0n) is 16.2. The summed E-state index contributed by atoms with van der Waals surface area (Å²) in [6.07, 6.45) is 0.454. The molecular weight excluding hydrogens is 452 g/mol. The molecule has 0 saturated heterocycles. The van der Waals surface area contributed by atoms with Gasteiger partial charge in [0.25, 0.3) is 10.0 Å². The van der Waals surface area contributed by atoms with Gasteiger partial charge < -0.3 is 4.74 Å². The first kappa shape index (κ1) is 19.9. The van der Waals surface area contributed by atoms with Crippen molar-refractivity contribution in [3.63, 3.8) is 0 Å². The van der Waals surface area contributed by atoms with Gasteiger partial charge in [0.15, 0.2) is 0 Å². The largest absolute Gasteiger partial charge is 0.495 e. The van der Waals surface area contributed by atoms with Gasteiger partial charge in [0.05, 0.1) is 20.2 Å². The number of aryl methyl sites for hydroxylation is 1. The number of rotatable bonds is 5. The number of hydrogen-bond acceptors (Lipinski definition) is 4. The maximum absolute atomic E-state index is 13.5. The van der Waals surface area contributed by atoms with Crippen LogP contribution in [-0.4, -0.2) is 38.8 Å². The number of fused-ring (bicyclic) bond motifs is 1. The van der Waals surface area contributed by atoms with Crippen LogP contribution in [0.1, 0.15) is 11.1 Å². The molecule has 0 amide bonds. The van der Waals surface area contributed by atoms with Gasteiger partial charge in [-0.3, -0.25) is 9.30 Å². The highest BCUT2D eigenvalue weighted by atomic mass is 79.9. The summed E-state index contributed by atoms with van der Waals surface area (Å²) in [5, 5.41) is 2.24. The fourth-order valence-corrected chi connectivity index (χ4v) is 5.73. The second-order valence-corrected chi connectivity index (χ2v) is 9.63. The van der Waals surface area contributed by atoms with Crippen molar-refractivity contribution in [2.75, 3.05) is 20.2 Å². The van der Waals surface area contributed by atoms with Crippen LogP contribution in [-0.2, 0) is 16.4 Å². The molecule has 150 valence electrons. The second kappa shape index (κ2) is 7.80. The number of nitrogens with zero attached hydrogens (tertiary/aromatic N) is 2. The van der Waals surface area contributed by atoms with E-state index < -0.39 is 10.0 Å². The van der Waals surface area contributed by atoms with Gasteiger partial charge in [0.2, 0.25) is 0 Å². The molecule has 3 aromatic rings. The monoisotopic (exact) mass is 472 g/mol. The summed E-state index contributed by atoms with van der Waals surface area (Å²) in [5.41, 5.74) is 1.97. The Kier molecular flexibility index (Phi) is 5.36. The van der Waals surface area contributed by atoms with Crippen molar-refractivity contribution < 1.29 is 13.2 Å². The van der Waals surface area contributed by atoms with Crippen LogP contribution in [0.4, 0.5) is 0 Å². The number of halogens is 1. The van der Waals surface area contributed by atoms with E-state index in [-0.39, 0.29) is 4.90 Å². The van der Waals surface area contributed by atoms with E-state index in [9.17, 15) is 8.42 Å². The zero-order chi connectivity index (χ0) is 20.6. The Labute approximate surface area is 179 Å². The molecule has 0 aliphatic carbocycles. The fraction of sp³-hybridized carbons (Fsp3) is 0.227. The van der Waals surface area contributed by atoms with Gasteiger partial charge in [-0.25, -0.2) is 8.42 Å². The number of ether oxygens (including phenoxy) is 1. The van der Waals surface area contributed by atoms with E-state index in [0.29, 0.717) is 31.1 Å². The van der Waals surface area contributed by atoms with Crippen molar-refractivity contribution in [1.82, 2.24) is 4.31 Å². The second-order valence-electron chi connectivity index (χ2n) is 6.94. The van der Waals surface area contributed by atoms with Crippen molar-refractivity contribution in [2.24, 2.45) is 4.99 Å². The SMILES string of the molecule is COc1cc(C)c(Br)cc1S(=O)(=O)N1CCN=C1Cc1cccc2ccccc12. The van der Waals surface area contributed by atoms with Crippen molar-refractivity contribution in [3.8, 4) is 5.75 Å². The first-order valence-electron chi connectivity index (χ1n) is 9.28. The van der Waals surface area contributed by atoms with Gasteiger partial charge >= 0.3 is 0 Å². The molecule has 4 rings (SSSR count). The molecule has 0 fully saturated rings. The number of benzene rings is 3. The van der Waals surface area contributed by atoms with Gasteiger partial charge in [-0.1, -0.05) is 58.4 Å². The summed E-state index contributed by atoms with van der Waals surface area (Å²) in [5.74, 6) is 0.891. The molecule has 0 radical (unpaired) electrons. The Bertz CT molecular complexity index is 1220. The average molecular weight is 473 g/mol. The van der Waals surface area contributed by atoms with Gasteiger partial charge in [-0.2, -0.15) is 0 Å². The number of sulfonamides is 1. The molecule has 29 heavy (non-hydrogen) atoms. The highest BCUT2D eigenvalue weighted by molar-refractivity contribution is 9.10. The third kappa shape index (κ3) is 3.65. The topological polar surface area (TPSA) is 59.0 Å². The Hall–Kier alpha value is -2.38. The lowest BCUT2D eigenvalue weighted by molar-refractivity contribution is 0.400. The van der Waals surface area contributed by atoms with E-state index in [2.05, 4.69) is 39.1 Å². The van der Waals surface area contributed by atoms with Crippen molar-refractivity contribution in [3.05, 3.63) is 70.2 Å². The molecule has 0 saturated carbocycles. The van der Waals surface area contributed by atoms with Crippen molar-refractivity contribution in [1.29, 1.82) is 0 Å². The van der Waals surface area contributed by atoms with Crippen molar-refractivity contribution >= 4 is 42.6 Å². The maximum atomic E-state index is 13.5. The molecule has 7 heteroatoms. The van der Waals surface area contributed by atoms with Gasteiger partial charge in [-0.15, -0.1) is 0 Å². The van der Waals surface area contributed by atoms with Crippen molar-refractivity contribution in [2.45, 2.75) is 18.2 Å². The Morgan fingerprint density at radius 1 is 1.14 bits per heavy atom. The molecule has 0 bridgehead atoms. The summed E-state index contributed by atoms with van der Waals surface area (Å²) < 4.78 is 34.5. The third-order valence-corrected chi connectivity index (χ3v) is 7.83. The lowest BCUT2D eigenvalue weighted by Crippen LogP contribution is -2.35. The molecule has 0 unspecified atom stereocenters. The third-order valence-electron chi connectivity index (χ3n) is 5.13. The molecule has 0 aromatic heterocycles. The highest BCUT2D eigenvalue weighted by Crippen LogP contribution is 2.33. The molecule has 1 heterocycles. The maximum Gasteiger partial charge on any atom is 0.269 e. The van der Waals surface area contributed by atoms with Crippen LogP contribution in [0.15, 0.2) is 69.0 Å². The molecule has 0 atom stereocenters. The van der Waals surface area contributed by atoms with E-state index >= 15 is 0 Å². The lowest BCUT2D eigenvalue weighted by atomic mass is 10.0. The Morgan fingerprint density at radius 2 is 1.90 bits per heavy atom. The van der Waals surface area contributed by atoms with Crippen LogP contribution in [0.25, 0.3) is 10.8 Å². The molecule has 1 aliphatic rings. The number of amidine groups is 1. The van der Waals surface area contributed by atoms with Gasteiger partial charge in [0, 0.05) is 10.9 Å². The molecule has 1 aliphatic heterocycles. The minimum Gasteiger partial charge on any atom is -0.495 e. The van der Waals surface area contributed by atoms with Crippen LogP contribution in [0.3, 0.4) is 0 Å². The van der Waals surface area contributed by atoms with E-state index in [1.54, 1.807) is 12.1 Å². The Balaban J connectivity index is 1.72. The minimum atomic E-state index is -3.80. The van der Waals surface area contributed by atoms with Crippen LogP contribution in [0.2, 0.25) is 0 Å². The number of hydrogen-bond donors (Lipinski definition) is 0. The molecule has 0 N–H and O–H groups in total. The smallest absolute Gasteiger partial charge is 0.269 e. The normalized spacial score (nSPS) is 14.3. The van der Waals surface area contributed by atoms with Crippen LogP contribution >= 0.6 is 15.9 Å². The van der Waals surface area contributed by atoms with E-state index in [0.717, 1.165) is 26.4 Å². The fourth-order valence-electron chi connectivity index (χ4n) is 3.61. The van der Waals surface area contributed by atoms with Crippen LogP contribution in [0, 0.1) is 6.92 Å². The molecule has 3 aromatic carbocycles. The van der Waals surface area contributed by atoms with Gasteiger partial charge in [-0.05, 0) is 41.0 Å². The predicted molar refractivity (Wildman–Crippen MR) is 119 cm³/mol. The summed E-state index contributed by atoms with van der Waals surface area (Å²) in [6, 6.07) is 17.5. The summed E-state index contributed by atoms with van der Waals surface area (Å²) >= 11 is 3.44. The predicted octanol–water partition coefficient (Wildman–Crippen LogP) is 4.56. The molecule has 0 spiro atoms. The average Bonchev–Trinajstić information content (AvgIpc) is 3.19.